The molecular formula is C13H10NO4S. The molecule has 0 aliphatic carbocycles. The first kappa shape index (κ1) is 13.1. The number of carbonyl (C=O) groups excluding carboxylic acids is 1. The highest BCUT2D eigenvalue weighted by molar-refractivity contribution is 7.87. The summed E-state index contributed by atoms with van der Waals surface area (Å²) in [6.07, 6.45) is 1.44. The van der Waals surface area contributed by atoms with Crippen molar-refractivity contribution >= 4 is 22.2 Å². The van der Waals surface area contributed by atoms with Gasteiger partial charge in [-0.2, -0.15) is 8.42 Å². The van der Waals surface area contributed by atoms with Crippen molar-refractivity contribution in [2.24, 2.45) is 0 Å². The van der Waals surface area contributed by atoms with Crippen LogP contribution in [0.3, 0.4) is 0 Å². The summed E-state index contributed by atoms with van der Waals surface area (Å²) in [5.41, 5.74) is 0.119. The van der Waals surface area contributed by atoms with Crippen LogP contribution in [-0.4, -0.2) is 14.8 Å². The Labute approximate surface area is 111 Å². The predicted octanol–water partition coefficient (Wildman–Crippen LogP) is 1.93. The molecule has 0 fully saturated rings. The molecule has 1 N–H and O–H groups in total. The molecule has 97 valence electrons. The highest BCUT2D eigenvalue weighted by Crippen LogP contribution is 2.24. The molecule has 0 saturated carbocycles. The Morgan fingerprint density at radius 1 is 0.947 bits per heavy atom. The van der Waals surface area contributed by atoms with Crippen LogP contribution >= 0.6 is 0 Å². The van der Waals surface area contributed by atoms with Gasteiger partial charge in [-0.25, -0.2) is 0 Å². The topological polar surface area (TPSA) is 72.5 Å². The minimum atomic E-state index is -4.01. The summed E-state index contributed by atoms with van der Waals surface area (Å²) in [5.74, 6) is 0.201. The fourth-order valence-electron chi connectivity index (χ4n) is 1.49. The molecule has 0 bridgehead atoms. The summed E-state index contributed by atoms with van der Waals surface area (Å²) in [7, 11) is -4.01. The molecule has 6 heteroatoms. The highest BCUT2D eigenvalue weighted by atomic mass is 32.2. The van der Waals surface area contributed by atoms with E-state index in [2.05, 4.69) is 5.32 Å². The van der Waals surface area contributed by atoms with Gasteiger partial charge in [0.05, 0.1) is 5.69 Å². The maximum absolute atomic E-state index is 12.1. The lowest BCUT2D eigenvalue weighted by Gasteiger charge is -2.09. The monoisotopic (exact) mass is 276 g/mol. The van der Waals surface area contributed by atoms with Crippen LogP contribution in [0.5, 0.6) is 5.75 Å². The van der Waals surface area contributed by atoms with Crippen molar-refractivity contribution in [3.63, 3.8) is 0 Å². The van der Waals surface area contributed by atoms with Crippen molar-refractivity contribution < 1.29 is 17.4 Å². The summed E-state index contributed by atoms with van der Waals surface area (Å²) < 4.78 is 29.2. The Morgan fingerprint density at radius 3 is 2.26 bits per heavy atom. The third-order valence-corrected chi connectivity index (χ3v) is 3.60. The number of amides is 1. The van der Waals surface area contributed by atoms with E-state index in [1.165, 1.54) is 36.7 Å². The average molecular weight is 276 g/mol. The zero-order valence-corrected chi connectivity index (χ0v) is 10.6. The molecule has 0 aliphatic heterocycles. The van der Waals surface area contributed by atoms with Crippen LogP contribution in [0.1, 0.15) is 0 Å². The van der Waals surface area contributed by atoms with Crippen LogP contribution in [-0.2, 0) is 14.9 Å². The summed E-state index contributed by atoms with van der Waals surface area (Å²) >= 11 is 0. The zero-order chi connectivity index (χ0) is 13.7. The van der Waals surface area contributed by atoms with Gasteiger partial charge in [-0.05, 0) is 24.3 Å². The van der Waals surface area contributed by atoms with Gasteiger partial charge in [0.25, 0.3) is 0 Å². The quantitative estimate of drug-likeness (QED) is 0.669. The molecule has 0 aliphatic rings. The van der Waals surface area contributed by atoms with Crippen molar-refractivity contribution in [2.75, 3.05) is 5.32 Å². The van der Waals surface area contributed by atoms with Crippen LogP contribution in [0.15, 0.2) is 59.5 Å². The summed E-state index contributed by atoms with van der Waals surface area (Å²) in [6, 6.07) is 14.1. The third kappa shape index (κ3) is 3.11. The van der Waals surface area contributed by atoms with E-state index in [1.54, 1.807) is 24.3 Å². The van der Waals surface area contributed by atoms with Gasteiger partial charge in [-0.15, -0.1) is 0 Å². The highest BCUT2D eigenvalue weighted by Gasteiger charge is 2.20. The number of anilines is 1. The molecule has 0 heterocycles. The van der Waals surface area contributed by atoms with Crippen molar-refractivity contribution in [1.82, 2.24) is 0 Å². The van der Waals surface area contributed by atoms with Gasteiger partial charge in [0.15, 0.2) is 0 Å². The lowest BCUT2D eigenvalue weighted by Crippen LogP contribution is -2.12. The minimum absolute atomic E-state index is 0.119. The number of hydrogen-bond donors (Lipinski definition) is 1. The molecule has 1 radical (unpaired) electrons. The maximum atomic E-state index is 12.1. The molecule has 2 aromatic carbocycles. The first-order chi connectivity index (χ1) is 9.13. The zero-order valence-electron chi connectivity index (χ0n) is 9.74. The number of benzene rings is 2. The second-order valence-electron chi connectivity index (χ2n) is 3.57. The van der Waals surface area contributed by atoms with E-state index in [1.807, 2.05) is 0 Å². The SMILES string of the molecule is O=[C]Nc1ccccc1S(=O)(=O)Oc1ccccc1. The van der Waals surface area contributed by atoms with Crippen molar-refractivity contribution in [3.8, 4) is 5.75 Å². The summed E-state index contributed by atoms with van der Waals surface area (Å²) in [6.45, 7) is 0. The molecule has 2 rings (SSSR count). The molecule has 0 saturated heterocycles. The molecule has 0 atom stereocenters. The van der Waals surface area contributed by atoms with Gasteiger partial charge < -0.3 is 9.50 Å². The van der Waals surface area contributed by atoms with E-state index >= 15 is 0 Å². The van der Waals surface area contributed by atoms with Crippen LogP contribution in [0.4, 0.5) is 5.69 Å². The third-order valence-electron chi connectivity index (χ3n) is 2.29. The lowest BCUT2D eigenvalue weighted by molar-refractivity contribution is 0.486. The fraction of sp³-hybridized carbons (Fsp3) is 0. The van der Waals surface area contributed by atoms with E-state index in [4.69, 9.17) is 4.18 Å². The predicted molar refractivity (Wildman–Crippen MR) is 70.0 cm³/mol. The minimum Gasteiger partial charge on any atom is -0.379 e. The Bertz CT molecular complexity index is 668. The van der Waals surface area contributed by atoms with E-state index in [-0.39, 0.29) is 16.3 Å². The van der Waals surface area contributed by atoms with Crippen LogP contribution < -0.4 is 9.50 Å². The molecule has 0 aromatic heterocycles. The molecule has 2 aromatic rings. The van der Waals surface area contributed by atoms with E-state index < -0.39 is 10.1 Å². The Balaban J connectivity index is 2.37. The van der Waals surface area contributed by atoms with Gasteiger partial charge in [0.1, 0.15) is 10.6 Å². The normalized spacial score (nSPS) is 10.7. The van der Waals surface area contributed by atoms with Crippen LogP contribution in [0.25, 0.3) is 0 Å². The van der Waals surface area contributed by atoms with E-state index in [9.17, 15) is 13.2 Å². The first-order valence-corrected chi connectivity index (χ1v) is 6.76. The number of para-hydroxylation sites is 2. The van der Waals surface area contributed by atoms with Crippen molar-refractivity contribution in [2.45, 2.75) is 4.90 Å². The number of nitrogens with one attached hydrogen (secondary N) is 1. The lowest BCUT2D eigenvalue weighted by atomic mass is 10.3. The smallest absolute Gasteiger partial charge is 0.341 e. The van der Waals surface area contributed by atoms with Gasteiger partial charge in [0, 0.05) is 0 Å². The van der Waals surface area contributed by atoms with Crippen molar-refractivity contribution in [3.05, 3.63) is 54.6 Å². The van der Waals surface area contributed by atoms with Gasteiger partial charge in [0.2, 0.25) is 0 Å². The Kier molecular flexibility index (Phi) is 3.82. The van der Waals surface area contributed by atoms with Gasteiger partial charge in [-0.3, -0.25) is 4.79 Å². The van der Waals surface area contributed by atoms with E-state index in [0.29, 0.717) is 0 Å². The average Bonchev–Trinajstić information content (AvgIpc) is 2.40. The molecule has 0 spiro atoms. The number of hydrogen-bond acceptors (Lipinski definition) is 4. The van der Waals surface area contributed by atoms with Gasteiger partial charge in [-0.1, -0.05) is 30.3 Å². The van der Waals surface area contributed by atoms with Crippen molar-refractivity contribution in [1.29, 1.82) is 0 Å². The Hall–Kier alpha value is -2.34. The maximum Gasteiger partial charge on any atom is 0.341 e. The van der Waals surface area contributed by atoms with E-state index in [0.717, 1.165) is 0 Å². The second kappa shape index (κ2) is 5.53. The fourth-order valence-corrected chi connectivity index (χ4v) is 2.58. The van der Waals surface area contributed by atoms with Crippen LogP contribution in [0.2, 0.25) is 0 Å². The molecule has 1 amide bonds. The second-order valence-corrected chi connectivity index (χ2v) is 5.09. The molecule has 5 nitrogen and oxygen atoms in total. The standard InChI is InChI=1S/C13H10NO4S/c15-10-14-12-8-4-5-9-13(12)19(16,17)18-11-6-2-1-3-7-11/h1-9H,(H,14,15). The number of rotatable bonds is 5. The molecule has 19 heavy (non-hydrogen) atoms. The van der Waals surface area contributed by atoms with Crippen LogP contribution in [0, 0.1) is 0 Å². The molecular weight excluding hydrogens is 266 g/mol. The Morgan fingerprint density at radius 2 is 1.58 bits per heavy atom. The molecule has 0 unspecified atom stereocenters. The summed E-state index contributed by atoms with van der Waals surface area (Å²) in [4.78, 5) is 10.2. The summed E-state index contributed by atoms with van der Waals surface area (Å²) in [5, 5.41) is 2.20. The largest absolute Gasteiger partial charge is 0.379 e. The van der Waals surface area contributed by atoms with Gasteiger partial charge >= 0.3 is 16.5 Å². The first-order valence-electron chi connectivity index (χ1n) is 5.35.